The van der Waals surface area contributed by atoms with Crippen molar-refractivity contribution in [3.63, 3.8) is 0 Å². The molecule has 0 aliphatic carbocycles. The van der Waals surface area contributed by atoms with Crippen molar-refractivity contribution in [3.05, 3.63) is 99.2 Å². The summed E-state index contributed by atoms with van der Waals surface area (Å²) in [6.45, 7) is 2.39. The fraction of sp³-hybridized carbons (Fsp3) is 0.125. The zero-order valence-corrected chi connectivity index (χ0v) is 18.7. The lowest BCUT2D eigenvalue weighted by Gasteiger charge is -2.35. The third kappa shape index (κ3) is 3.92. The number of aromatic nitrogens is 2. The molecule has 0 radical (unpaired) electrons. The van der Waals surface area contributed by atoms with E-state index in [4.69, 9.17) is 16.1 Å². The highest BCUT2D eigenvalue weighted by Crippen LogP contribution is 2.38. The number of carbonyl (C=O) groups is 1. The number of hydrogen-bond acceptors (Lipinski definition) is 5. The van der Waals surface area contributed by atoms with Gasteiger partial charge in [0.25, 0.3) is 5.89 Å². The molecule has 0 saturated heterocycles. The average molecular weight is 463 g/mol. The molecule has 0 spiro atoms. The molecule has 8 heteroatoms. The maximum absolute atomic E-state index is 13.1. The monoisotopic (exact) mass is 462 g/mol. The van der Waals surface area contributed by atoms with Crippen molar-refractivity contribution in [2.75, 3.05) is 0 Å². The molecule has 1 aliphatic heterocycles. The molecule has 0 fully saturated rings. The van der Waals surface area contributed by atoms with Gasteiger partial charge in [-0.05, 0) is 48.2 Å². The highest BCUT2D eigenvalue weighted by atomic mass is 35.5. The lowest BCUT2D eigenvalue weighted by molar-refractivity contribution is 0.203. The Hall–Kier alpha value is -3.42. The van der Waals surface area contributed by atoms with Gasteiger partial charge in [0, 0.05) is 21.2 Å². The second-order valence-corrected chi connectivity index (χ2v) is 8.86. The van der Waals surface area contributed by atoms with E-state index < -0.39 is 6.04 Å². The fourth-order valence-corrected chi connectivity index (χ4v) is 4.57. The van der Waals surface area contributed by atoms with Crippen molar-refractivity contribution >= 4 is 34.5 Å². The predicted octanol–water partition coefficient (Wildman–Crippen LogP) is 6.15. The van der Waals surface area contributed by atoms with Crippen LogP contribution < -0.4 is 5.32 Å². The zero-order chi connectivity index (χ0) is 22.1. The Labute approximate surface area is 194 Å². The first-order valence-corrected chi connectivity index (χ1v) is 11.3. The topological polar surface area (TPSA) is 71.3 Å². The van der Waals surface area contributed by atoms with Crippen LogP contribution in [0.15, 0.2) is 82.3 Å². The normalized spacial score (nSPS) is 16.4. The summed E-state index contributed by atoms with van der Waals surface area (Å²) >= 11 is 7.61. The molecule has 1 aliphatic rings. The number of benzene rings is 2. The Morgan fingerprint density at radius 3 is 2.59 bits per heavy atom. The van der Waals surface area contributed by atoms with E-state index in [9.17, 15) is 4.79 Å². The van der Waals surface area contributed by atoms with Crippen LogP contribution in [-0.4, -0.2) is 21.1 Å². The van der Waals surface area contributed by atoms with Gasteiger partial charge < -0.3 is 9.84 Å². The van der Waals surface area contributed by atoms with E-state index in [0.29, 0.717) is 23.3 Å². The van der Waals surface area contributed by atoms with Crippen molar-refractivity contribution in [2.24, 2.45) is 0 Å². The van der Waals surface area contributed by atoms with Gasteiger partial charge in [0.1, 0.15) is 0 Å². The lowest BCUT2D eigenvalue weighted by atomic mass is 9.94. The Morgan fingerprint density at radius 2 is 1.88 bits per heavy atom. The van der Waals surface area contributed by atoms with Crippen molar-refractivity contribution in [1.29, 1.82) is 0 Å². The Kier molecular flexibility index (Phi) is 5.51. The van der Waals surface area contributed by atoms with Crippen LogP contribution in [0.25, 0.3) is 17.0 Å². The summed E-state index contributed by atoms with van der Waals surface area (Å²) in [5, 5.41) is 9.94. The van der Waals surface area contributed by atoms with E-state index in [-0.39, 0.29) is 6.03 Å². The van der Waals surface area contributed by atoms with Gasteiger partial charge in [-0.3, -0.25) is 4.90 Å². The molecule has 0 saturated carbocycles. The molecule has 0 bridgehead atoms. The van der Waals surface area contributed by atoms with E-state index >= 15 is 0 Å². The van der Waals surface area contributed by atoms with Gasteiger partial charge in [-0.15, -0.1) is 11.3 Å². The molecule has 1 N–H and O–H groups in total. The highest BCUT2D eigenvalue weighted by molar-refractivity contribution is 7.09. The van der Waals surface area contributed by atoms with Crippen LogP contribution >= 0.6 is 22.9 Å². The minimum Gasteiger partial charge on any atom is -0.334 e. The molecule has 5 rings (SSSR count). The van der Waals surface area contributed by atoms with Gasteiger partial charge in [0.05, 0.1) is 18.2 Å². The standard InChI is InChI=1S/C24H19ClN4O2S/c1-15-20(23-27-22(28-31-23)17-9-11-18(25)12-10-17)21(16-6-3-2-4-7-16)26-24(30)29(15)14-19-8-5-13-32-19/h2-13,21H,14H2,1H3,(H,26,30). The van der Waals surface area contributed by atoms with Crippen LogP contribution in [-0.2, 0) is 6.54 Å². The summed E-state index contributed by atoms with van der Waals surface area (Å²) in [5.41, 5.74) is 3.30. The SMILES string of the molecule is CC1=C(c2nc(-c3ccc(Cl)cc3)no2)C(c2ccccc2)NC(=O)N1Cc1cccs1. The number of nitrogens with one attached hydrogen (secondary N) is 1. The van der Waals surface area contributed by atoms with Crippen LogP contribution in [0.4, 0.5) is 4.79 Å². The number of rotatable bonds is 5. The molecule has 3 heterocycles. The molecule has 2 aromatic heterocycles. The van der Waals surface area contributed by atoms with Crippen molar-refractivity contribution in [2.45, 2.75) is 19.5 Å². The third-order valence-electron chi connectivity index (χ3n) is 5.38. The summed E-state index contributed by atoms with van der Waals surface area (Å²) in [6.07, 6.45) is 0. The Bertz CT molecular complexity index is 1270. The molecular formula is C24H19ClN4O2S. The molecule has 2 aromatic carbocycles. The second-order valence-electron chi connectivity index (χ2n) is 7.39. The first kappa shape index (κ1) is 20.5. The minimum atomic E-state index is -0.401. The van der Waals surface area contributed by atoms with Crippen molar-refractivity contribution < 1.29 is 9.32 Å². The average Bonchev–Trinajstić information content (AvgIpc) is 3.50. The van der Waals surface area contributed by atoms with Crippen LogP contribution in [0.1, 0.15) is 29.3 Å². The number of thiophene rings is 1. The zero-order valence-electron chi connectivity index (χ0n) is 17.2. The number of urea groups is 1. The van der Waals surface area contributed by atoms with E-state index in [1.54, 1.807) is 28.4 Å². The van der Waals surface area contributed by atoms with Gasteiger partial charge in [0.15, 0.2) is 0 Å². The van der Waals surface area contributed by atoms with E-state index in [1.165, 1.54) is 0 Å². The lowest BCUT2D eigenvalue weighted by Crippen LogP contribution is -2.45. The van der Waals surface area contributed by atoms with Gasteiger partial charge in [-0.1, -0.05) is 53.2 Å². The van der Waals surface area contributed by atoms with E-state index in [1.807, 2.05) is 66.9 Å². The smallest absolute Gasteiger partial charge is 0.322 e. The number of carbonyl (C=O) groups excluding carboxylic acids is 1. The summed E-state index contributed by atoms with van der Waals surface area (Å²) in [6, 6.07) is 20.5. The number of amides is 2. The van der Waals surface area contributed by atoms with Gasteiger partial charge in [0.2, 0.25) is 5.82 Å². The Balaban J connectivity index is 1.59. The summed E-state index contributed by atoms with van der Waals surface area (Å²) in [7, 11) is 0. The van der Waals surface area contributed by atoms with E-state index in [0.717, 1.165) is 27.3 Å². The molecule has 6 nitrogen and oxygen atoms in total. The van der Waals surface area contributed by atoms with Crippen LogP contribution in [0.5, 0.6) is 0 Å². The van der Waals surface area contributed by atoms with Gasteiger partial charge in [-0.25, -0.2) is 4.79 Å². The first-order chi connectivity index (χ1) is 15.6. The van der Waals surface area contributed by atoms with Gasteiger partial charge >= 0.3 is 6.03 Å². The number of hydrogen-bond donors (Lipinski definition) is 1. The first-order valence-electron chi connectivity index (χ1n) is 10.1. The molecule has 32 heavy (non-hydrogen) atoms. The van der Waals surface area contributed by atoms with Gasteiger partial charge in [-0.2, -0.15) is 4.98 Å². The number of halogens is 1. The molecular weight excluding hydrogens is 444 g/mol. The number of nitrogens with zero attached hydrogens (tertiary/aromatic N) is 3. The van der Waals surface area contributed by atoms with Crippen LogP contribution in [0, 0.1) is 0 Å². The summed E-state index contributed by atoms with van der Waals surface area (Å²) in [4.78, 5) is 20.5. The molecule has 1 unspecified atom stereocenters. The maximum atomic E-state index is 13.1. The predicted molar refractivity (Wildman–Crippen MR) is 125 cm³/mol. The largest absolute Gasteiger partial charge is 0.334 e. The number of allylic oxidation sites excluding steroid dienone is 1. The van der Waals surface area contributed by atoms with Crippen LogP contribution in [0.3, 0.4) is 0 Å². The van der Waals surface area contributed by atoms with Crippen molar-refractivity contribution in [1.82, 2.24) is 20.4 Å². The summed E-state index contributed by atoms with van der Waals surface area (Å²) in [5.74, 6) is 0.836. The highest BCUT2D eigenvalue weighted by Gasteiger charge is 2.35. The maximum Gasteiger partial charge on any atom is 0.322 e. The second kappa shape index (κ2) is 8.61. The molecule has 4 aromatic rings. The van der Waals surface area contributed by atoms with E-state index in [2.05, 4.69) is 15.5 Å². The Morgan fingerprint density at radius 1 is 1.09 bits per heavy atom. The molecule has 1 atom stereocenters. The fourth-order valence-electron chi connectivity index (χ4n) is 3.75. The summed E-state index contributed by atoms with van der Waals surface area (Å²) < 4.78 is 5.70. The van der Waals surface area contributed by atoms with Crippen LogP contribution in [0.2, 0.25) is 5.02 Å². The van der Waals surface area contributed by atoms with Crippen molar-refractivity contribution in [3.8, 4) is 11.4 Å². The minimum absolute atomic E-state index is 0.161. The third-order valence-corrected chi connectivity index (χ3v) is 6.50. The quantitative estimate of drug-likeness (QED) is 0.386. The molecule has 160 valence electrons. The molecule has 2 amide bonds.